The van der Waals surface area contributed by atoms with Crippen LogP contribution in [0.15, 0.2) is 24.4 Å². The van der Waals surface area contributed by atoms with Gasteiger partial charge in [-0.1, -0.05) is 40.9 Å². The van der Waals surface area contributed by atoms with Crippen LogP contribution < -0.4 is 16.0 Å². The number of halogens is 3. The van der Waals surface area contributed by atoms with Gasteiger partial charge in [0.1, 0.15) is 5.02 Å². The van der Waals surface area contributed by atoms with Crippen LogP contribution in [-0.2, 0) is 4.79 Å². The van der Waals surface area contributed by atoms with Gasteiger partial charge >= 0.3 is 0 Å². The molecule has 1 aromatic carbocycles. The predicted molar refractivity (Wildman–Crippen MR) is 123 cm³/mol. The quantitative estimate of drug-likeness (QED) is 0.685. The highest BCUT2D eigenvalue weighted by Gasteiger charge is 2.31. The molecular weight excluding hydrogens is 447 g/mol. The third-order valence-corrected chi connectivity index (χ3v) is 5.75. The molecule has 3 N–H and O–H groups in total. The van der Waals surface area contributed by atoms with Crippen LogP contribution in [0, 0.1) is 0 Å². The average Bonchev–Trinajstić information content (AvgIpc) is 2.68. The van der Waals surface area contributed by atoms with Crippen LogP contribution in [0.3, 0.4) is 0 Å². The summed E-state index contributed by atoms with van der Waals surface area (Å²) >= 11 is 18.6. The van der Waals surface area contributed by atoms with Gasteiger partial charge in [0, 0.05) is 36.2 Å². The molecule has 30 heavy (non-hydrogen) atoms. The summed E-state index contributed by atoms with van der Waals surface area (Å²) in [5, 5.41) is 4.85. The second kappa shape index (κ2) is 9.14. The monoisotopic (exact) mass is 470 g/mol. The van der Waals surface area contributed by atoms with Crippen molar-refractivity contribution in [2.45, 2.75) is 32.4 Å². The highest BCUT2D eigenvalue weighted by Crippen LogP contribution is 2.30. The highest BCUT2D eigenvalue weighted by molar-refractivity contribution is 6.35. The van der Waals surface area contributed by atoms with Gasteiger partial charge in [0.25, 0.3) is 0 Å². The normalized spacial score (nSPS) is 15.8. The Morgan fingerprint density at radius 3 is 2.43 bits per heavy atom. The molecular formula is C20H25Cl3N6O. The molecule has 7 nitrogen and oxygen atoms in total. The molecule has 2 heterocycles. The Morgan fingerprint density at radius 2 is 1.83 bits per heavy atom. The maximum absolute atomic E-state index is 12.4. The molecule has 1 aliphatic rings. The number of rotatable bonds is 5. The van der Waals surface area contributed by atoms with Gasteiger partial charge in [0.15, 0.2) is 5.82 Å². The van der Waals surface area contributed by atoms with Crippen LogP contribution in [0.1, 0.15) is 32.4 Å². The number of aromatic nitrogens is 2. The van der Waals surface area contributed by atoms with Crippen LogP contribution in [0.25, 0.3) is 0 Å². The topological polar surface area (TPSA) is 87.4 Å². The first-order valence-corrected chi connectivity index (χ1v) is 10.8. The van der Waals surface area contributed by atoms with Gasteiger partial charge in [-0.3, -0.25) is 4.79 Å². The van der Waals surface area contributed by atoms with Crippen molar-refractivity contribution in [1.29, 1.82) is 0 Å². The van der Waals surface area contributed by atoms with Gasteiger partial charge < -0.3 is 20.9 Å². The highest BCUT2D eigenvalue weighted by atomic mass is 35.5. The molecule has 3 rings (SSSR count). The van der Waals surface area contributed by atoms with Gasteiger partial charge in [-0.25, -0.2) is 4.98 Å². The van der Waals surface area contributed by atoms with Crippen molar-refractivity contribution < 1.29 is 4.79 Å². The van der Waals surface area contributed by atoms with E-state index in [4.69, 9.17) is 40.5 Å². The fourth-order valence-electron chi connectivity index (χ4n) is 3.26. The number of benzene rings is 1. The summed E-state index contributed by atoms with van der Waals surface area (Å²) in [6, 6.07) is 5.22. The molecule has 1 amide bonds. The first-order chi connectivity index (χ1) is 14.1. The van der Waals surface area contributed by atoms with Gasteiger partial charge in [0.2, 0.25) is 11.9 Å². The van der Waals surface area contributed by atoms with Crippen LogP contribution in [-0.4, -0.2) is 52.5 Å². The van der Waals surface area contributed by atoms with Crippen LogP contribution >= 0.6 is 34.8 Å². The van der Waals surface area contributed by atoms with Crippen molar-refractivity contribution in [2.75, 3.05) is 36.4 Å². The lowest BCUT2D eigenvalue weighted by atomic mass is 10.1. The number of nitrogens with one attached hydrogen (secondary N) is 1. The minimum Gasteiger partial charge on any atom is -0.362 e. The number of nitrogens with zero attached hydrogens (tertiary/aromatic N) is 4. The lowest BCUT2D eigenvalue weighted by molar-refractivity contribution is -0.136. The molecule has 1 aliphatic heterocycles. The molecule has 1 saturated heterocycles. The largest absolute Gasteiger partial charge is 0.362 e. The van der Waals surface area contributed by atoms with Crippen molar-refractivity contribution in [2.24, 2.45) is 5.73 Å². The summed E-state index contributed by atoms with van der Waals surface area (Å²) in [6.07, 6.45) is 1.57. The predicted octanol–water partition coefficient (Wildman–Crippen LogP) is 4.00. The summed E-state index contributed by atoms with van der Waals surface area (Å²) in [5.41, 5.74) is 5.94. The Morgan fingerprint density at radius 1 is 1.17 bits per heavy atom. The number of carbonyl (C=O) groups is 1. The molecule has 0 aliphatic carbocycles. The molecule has 1 unspecified atom stereocenters. The van der Waals surface area contributed by atoms with E-state index >= 15 is 0 Å². The minimum absolute atomic E-state index is 0.0600. The smallest absolute Gasteiger partial charge is 0.242 e. The Bertz CT molecular complexity index is 925. The Labute approximate surface area is 191 Å². The van der Waals surface area contributed by atoms with E-state index in [1.165, 1.54) is 0 Å². The number of anilines is 2. The molecule has 1 fully saturated rings. The molecule has 1 atom stereocenters. The van der Waals surface area contributed by atoms with Crippen molar-refractivity contribution >= 4 is 52.5 Å². The second-order valence-corrected chi connectivity index (χ2v) is 9.15. The van der Waals surface area contributed by atoms with Crippen LogP contribution in [0.2, 0.25) is 15.1 Å². The van der Waals surface area contributed by atoms with Crippen LogP contribution in [0.4, 0.5) is 11.8 Å². The van der Waals surface area contributed by atoms with Crippen molar-refractivity contribution in [1.82, 2.24) is 14.9 Å². The van der Waals surface area contributed by atoms with Gasteiger partial charge in [-0.05, 0) is 38.5 Å². The molecule has 162 valence electrons. The third kappa shape index (κ3) is 5.27. The summed E-state index contributed by atoms with van der Waals surface area (Å²) in [6.45, 7) is 7.75. The molecule has 0 spiro atoms. The summed E-state index contributed by atoms with van der Waals surface area (Å²) < 4.78 is 0. The number of piperazine rings is 1. The molecule has 0 saturated carbocycles. The van der Waals surface area contributed by atoms with Crippen molar-refractivity contribution in [3.05, 3.63) is 45.0 Å². The maximum Gasteiger partial charge on any atom is 0.242 e. The fourth-order valence-corrected chi connectivity index (χ4v) is 3.98. The molecule has 0 bridgehead atoms. The fraction of sp³-hybridized carbons (Fsp3) is 0.450. The number of nitrogens with two attached hydrogens (primary N) is 1. The van der Waals surface area contributed by atoms with Crippen LogP contribution in [0.5, 0.6) is 0 Å². The lowest BCUT2D eigenvalue weighted by Crippen LogP contribution is -2.57. The number of hydrogen-bond donors (Lipinski definition) is 2. The van der Waals surface area contributed by atoms with Gasteiger partial charge in [0.05, 0.1) is 17.8 Å². The molecule has 2 aromatic rings. The van der Waals surface area contributed by atoms with Gasteiger partial charge in [-0.2, -0.15) is 4.98 Å². The zero-order valence-corrected chi connectivity index (χ0v) is 19.4. The standard InChI is InChI=1S/C20H25Cl3N6O/c1-12(14-5-4-13(21)10-15(14)22)26-17-16(23)11-25-19(27-17)29-8-6-28(7-9-29)18(30)20(2,3)24/h4-5,10-12H,6-9,24H2,1-3H3,(H,25,26,27). The summed E-state index contributed by atoms with van der Waals surface area (Å²) in [4.78, 5) is 25.1. The molecule has 1 aromatic heterocycles. The number of hydrogen-bond acceptors (Lipinski definition) is 6. The lowest BCUT2D eigenvalue weighted by Gasteiger charge is -2.37. The van der Waals surface area contributed by atoms with Crippen molar-refractivity contribution in [3.8, 4) is 0 Å². The molecule has 10 heteroatoms. The minimum atomic E-state index is -0.880. The molecule has 0 radical (unpaired) electrons. The Balaban J connectivity index is 1.71. The second-order valence-electron chi connectivity index (χ2n) is 7.90. The first kappa shape index (κ1) is 22.9. The Hall–Kier alpha value is -1.80. The van der Waals surface area contributed by atoms with Gasteiger partial charge in [-0.15, -0.1) is 0 Å². The van der Waals surface area contributed by atoms with E-state index in [0.717, 1.165) is 5.56 Å². The number of carbonyl (C=O) groups excluding carboxylic acids is 1. The first-order valence-electron chi connectivity index (χ1n) is 9.63. The summed E-state index contributed by atoms with van der Waals surface area (Å²) in [7, 11) is 0. The SMILES string of the molecule is CC(Nc1nc(N2CCN(C(=O)C(C)(C)N)CC2)ncc1Cl)c1ccc(Cl)cc1Cl. The summed E-state index contributed by atoms with van der Waals surface area (Å²) in [5.74, 6) is 1.01. The van der Waals surface area contributed by atoms with E-state index in [9.17, 15) is 4.79 Å². The van der Waals surface area contributed by atoms with E-state index in [-0.39, 0.29) is 11.9 Å². The maximum atomic E-state index is 12.4. The number of amides is 1. The third-order valence-electron chi connectivity index (χ3n) is 4.91. The zero-order chi connectivity index (χ0) is 22.1. The van der Waals surface area contributed by atoms with E-state index < -0.39 is 5.54 Å². The van der Waals surface area contributed by atoms with E-state index in [2.05, 4.69) is 15.3 Å². The zero-order valence-electron chi connectivity index (χ0n) is 17.1. The van der Waals surface area contributed by atoms with E-state index in [1.807, 2.05) is 17.9 Å². The Kier molecular flexibility index (Phi) is 6.97. The average molecular weight is 472 g/mol. The van der Waals surface area contributed by atoms with E-state index in [0.29, 0.717) is 53.0 Å². The van der Waals surface area contributed by atoms with E-state index in [1.54, 1.807) is 37.1 Å². The van der Waals surface area contributed by atoms with Crippen molar-refractivity contribution in [3.63, 3.8) is 0 Å².